The van der Waals surface area contributed by atoms with Crippen molar-refractivity contribution < 1.29 is 18.7 Å². The number of furan rings is 1. The number of imidazole rings is 1. The van der Waals surface area contributed by atoms with Crippen LogP contribution in [0.2, 0.25) is 0 Å². The van der Waals surface area contributed by atoms with Crippen LogP contribution in [0.5, 0.6) is 5.75 Å². The quantitative estimate of drug-likeness (QED) is 0.325. The molecule has 0 aliphatic rings. The zero-order valence-electron chi connectivity index (χ0n) is 16.6. The number of benzene rings is 1. The largest absolute Gasteiger partial charge is 0.484 e. The Bertz CT molecular complexity index is 1210. The Morgan fingerprint density at radius 2 is 2.13 bits per heavy atom. The third kappa shape index (κ3) is 4.98. The van der Waals surface area contributed by atoms with E-state index in [4.69, 9.17) is 9.15 Å². The van der Waals surface area contributed by atoms with Gasteiger partial charge in [-0.05, 0) is 48.9 Å². The van der Waals surface area contributed by atoms with E-state index >= 15 is 0 Å². The molecule has 0 fully saturated rings. The summed E-state index contributed by atoms with van der Waals surface area (Å²) < 4.78 is 12.4. The Morgan fingerprint density at radius 1 is 1.29 bits per heavy atom. The molecule has 0 spiro atoms. The summed E-state index contributed by atoms with van der Waals surface area (Å²) in [7, 11) is 0. The third-order valence-electron chi connectivity index (χ3n) is 4.32. The molecule has 0 aliphatic carbocycles. The first-order valence-electron chi connectivity index (χ1n) is 9.37. The van der Waals surface area contributed by atoms with Crippen molar-refractivity contribution in [2.24, 2.45) is 5.10 Å². The van der Waals surface area contributed by atoms with Gasteiger partial charge in [0.2, 0.25) is 0 Å². The molecule has 1 aromatic carbocycles. The zero-order valence-corrected chi connectivity index (χ0v) is 17.4. The van der Waals surface area contributed by atoms with Gasteiger partial charge in [-0.2, -0.15) is 5.10 Å². The second kappa shape index (κ2) is 9.26. The van der Waals surface area contributed by atoms with E-state index in [0.29, 0.717) is 29.4 Å². The van der Waals surface area contributed by atoms with E-state index in [1.54, 1.807) is 60.2 Å². The monoisotopic (exact) mass is 437 g/mol. The highest BCUT2D eigenvalue weighted by atomic mass is 32.1. The van der Waals surface area contributed by atoms with Crippen LogP contribution in [0.1, 0.15) is 27.5 Å². The Balaban J connectivity index is 1.25. The molecule has 4 aromatic rings. The van der Waals surface area contributed by atoms with E-state index in [0.717, 1.165) is 10.5 Å². The van der Waals surface area contributed by atoms with Crippen molar-refractivity contribution in [1.82, 2.24) is 20.1 Å². The fourth-order valence-electron chi connectivity index (χ4n) is 2.83. The number of nitrogens with zero attached hydrogens (tertiary/aromatic N) is 3. The van der Waals surface area contributed by atoms with Gasteiger partial charge in [0.25, 0.3) is 11.8 Å². The molecule has 0 saturated carbocycles. The molecular formula is C21H19N5O4S. The van der Waals surface area contributed by atoms with Gasteiger partial charge in [0.1, 0.15) is 17.2 Å². The lowest BCUT2D eigenvalue weighted by molar-refractivity contribution is -0.123. The molecule has 0 aliphatic heterocycles. The zero-order chi connectivity index (χ0) is 21.6. The predicted octanol–water partition coefficient (Wildman–Crippen LogP) is 2.76. The number of aromatic nitrogens is 2. The molecule has 158 valence electrons. The van der Waals surface area contributed by atoms with Gasteiger partial charge in [-0.3, -0.25) is 14.0 Å². The summed E-state index contributed by atoms with van der Waals surface area (Å²) in [5.74, 6) is 0.635. The molecule has 3 aromatic heterocycles. The van der Waals surface area contributed by atoms with Crippen LogP contribution in [-0.4, -0.2) is 34.0 Å². The lowest BCUT2D eigenvalue weighted by Gasteiger charge is -2.06. The van der Waals surface area contributed by atoms with Crippen molar-refractivity contribution in [2.45, 2.75) is 13.5 Å². The standard InChI is InChI=1S/C21H19N5O4S/c1-14-19(26-8-10-31-21(26)24-14)20(28)25-23-11-15-4-6-16(7-5-15)30-13-18(27)22-12-17-3-2-9-29-17/h2-11H,12-13H2,1H3,(H,22,27)(H,25,28)/b23-11-. The van der Waals surface area contributed by atoms with Crippen LogP contribution in [0.4, 0.5) is 0 Å². The normalized spacial score (nSPS) is 11.1. The number of thiazole rings is 1. The van der Waals surface area contributed by atoms with Gasteiger partial charge in [-0.25, -0.2) is 10.4 Å². The SMILES string of the molecule is Cc1nc2sccn2c1C(=O)N/N=C\c1ccc(OCC(=O)NCc2ccco2)cc1. The first-order chi connectivity index (χ1) is 15.1. The molecule has 2 amide bonds. The Kier molecular flexibility index (Phi) is 6.08. The van der Waals surface area contributed by atoms with Crippen LogP contribution in [0.25, 0.3) is 4.96 Å². The summed E-state index contributed by atoms with van der Waals surface area (Å²) >= 11 is 1.46. The highest BCUT2D eigenvalue weighted by Gasteiger charge is 2.16. The Hall–Kier alpha value is -3.92. The van der Waals surface area contributed by atoms with Gasteiger partial charge in [0.15, 0.2) is 11.6 Å². The fraction of sp³-hybridized carbons (Fsp3) is 0.143. The molecule has 0 bridgehead atoms. The molecule has 0 atom stereocenters. The summed E-state index contributed by atoms with van der Waals surface area (Å²) in [5.41, 5.74) is 4.39. The van der Waals surface area contributed by atoms with Gasteiger partial charge in [0, 0.05) is 11.6 Å². The molecule has 9 nitrogen and oxygen atoms in total. The average Bonchev–Trinajstić information content (AvgIpc) is 3.49. The van der Waals surface area contributed by atoms with Crippen LogP contribution in [0.15, 0.2) is 63.8 Å². The minimum Gasteiger partial charge on any atom is -0.484 e. The second-order valence-electron chi connectivity index (χ2n) is 6.51. The van der Waals surface area contributed by atoms with E-state index in [2.05, 4.69) is 20.8 Å². The third-order valence-corrected chi connectivity index (χ3v) is 5.08. The van der Waals surface area contributed by atoms with Crippen molar-refractivity contribution >= 4 is 34.3 Å². The highest BCUT2D eigenvalue weighted by molar-refractivity contribution is 7.15. The molecule has 2 N–H and O–H groups in total. The maximum Gasteiger partial charge on any atom is 0.290 e. The molecular weight excluding hydrogens is 418 g/mol. The van der Waals surface area contributed by atoms with Crippen LogP contribution in [0.3, 0.4) is 0 Å². The number of hydrazone groups is 1. The molecule has 0 radical (unpaired) electrons. The van der Waals surface area contributed by atoms with Crippen molar-refractivity contribution in [3.63, 3.8) is 0 Å². The van der Waals surface area contributed by atoms with Gasteiger partial charge >= 0.3 is 0 Å². The molecule has 10 heteroatoms. The number of carbonyl (C=O) groups excluding carboxylic acids is 2. The Labute approximate surface area is 181 Å². The maximum atomic E-state index is 12.4. The summed E-state index contributed by atoms with van der Waals surface area (Å²) in [4.78, 5) is 29.3. The van der Waals surface area contributed by atoms with E-state index < -0.39 is 0 Å². The average molecular weight is 437 g/mol. The second-order valence-corrected chi connectivity index (χ2v) is 7.39. The van der Waals surface area contributed by atoms with Crippen molar-refractivity contribution in [3.8, 4) is 5.75 Å². The van der Waals surface area contributed by atoms with Crippen LogP contribution in [-0.2, 0) is 11.3 Å². The summed E-state index contributed by atoms with van der Waals surface area (Å²) in [6.07, 6.45) is 4.88. The number of amides is 2. The number of ether oxygens (including phenoxy) is 1. The lowest BCUT2D eigenvalue weighted by atomic mass is 10.2. The minimum absolute atomic E-state index is 0.105. The molecule has 31 heavy (non-hydrogen) atoms. The first-order valence-corrected chi connectivity index (χ1v) is 10.3. The molecule has 0 unspecified atom stereocenters. The van der Waals surface area contributed by atoms with Crippen molar-refractivity contribution in [3.05, 3.63) is 76.9 Å². The number of nitrogens with one attached hydrogen (secondary N) is 2. The van der Waals surface area contributed by atoms with Crippen molar-refractivity contribution in [1.29, 1.82) is 0 Å². The Morgan fingerprint density at radius 3 is 2.90 bits per heavy atom. The molecule has 0 saturated heterocycles. The minimum atomic E-state index is -0.333. The van der Waals surface area contributed by atoms with Crippen molar-refractivity contribution in [2.75, 3.05) is 6.61 Å². The molecule has 3 heterocycles. The van der Waals surface area contributed by atoms with E-state index in [1.807, 2.05) is 5.38 Å². The number of rotatable bonds is 8. The van der Waals surface area contributed by atoms with Gasteiger partial charge in [0.05, 0.1) is 24.7 Å². The number of fused-ring (bicyclic) bond motifs is 1. The first kappa shape index (κ1) is 20.4. The van der Waals surface area contributed by atoms with Crippen LogP contribution in [0, 0.1) is 6.92 Å². The number of carbonyl (C=O) groups is 2. The summed E-state index contributed by atoms with van der Waals surface area (Å²) in [6, 6.07) is 10.5. The molecule has 4 rings (SSSR count). The van der Waals surface area contributed by atoms with Gasteiger partial charge in [-0.1, -0.05) is 0 Å². The van der Waals surface area contributed by atoms with Crippen LogP contribution >= 0.6 is 11.3 Å². The predicted molar refractivity (Wildman–Crippen MR) is 115 cm³/mol. The topological polar surface area (TPSA) is 110 Å². The number of aryl methyl sites for hydroxylation is 1. The maximum absolute atomic E-state index is 12.4. The number of hydrogen-bond donors (Lipinski definition) is 2. The highest BCUT2D eigenvalue weighted by Crippen LogP contribution is 2.16. The lowest BCUT2D eigenvalue weighted by Crippen LogP contribution is -2.28. The van der Waals surface area contributed by atoms with E-state index in [9.17, 15) is 9.59 Å². The van der Waals surface area contributed by atoms with E-state index in [-0.39, 0.29) is 18.4 Å². The smallest absolute Gasteiger partial charge is 0.290 e. The van der Waals surface area contributed by atoms with Gasteiger partial charge < -0.3 is 14.5 Å². The number of hydrogen-bond acceptors (Lipinski definition) is 7. The summed E-state index contributed by atoms with van der Waals surface area (Å²) in [6.45, 7) is 1.99. The van der Waals surface area contributed by atoms with Crippen LogP contribution < -0.4 is 15.5 Å². The van der Waals surface area contributed by atoms with Gasteiger partial charge in [-0.15, -0.1) is 11.3 Å². The summed E-state index contributed by atoms with van der Waals surface area (Å²) in [5, 5.41) is 8.58. The van der Waals surface area contributed by atoms with E-state index in [1.165, 1.54) is 17.6 Å². The fourth-order valence-corrected chi connectivity index (χ4v) is 3.59.